The van der Waals surface area contributed by atoms with Gasteiger partial charge in [-0.1, -0.05) is 49.3 Å². The fourth-order valence-electron chi connectivity index (χ4n) is 1.95. The van der Waals surface area contributed by atoms with Crippen molar-refractivity contribution in [3.05, 3.63) is 35.9 Å². The minimum Gasteiger partial charge on any atom is -0.408 e. The second-order valence-electron chi connectivity index (χ2n) is 4.58. The zero-order chi connectivity index (χ0) is 19.1. The first-order chi connectivity index (χ1) is 11.7. The molecule has 0 radical (unpaired) electrons. The molecule has 1 aromatic carbocycles. The SMILES string of the molecule is CCS(CC)=P(O)(OC(=NO)C(C#N)c1ccccc1)OP(O)(O)=S. The number of nitrogens with zero attached hydrogens (tertiary/aromatic N) is 2. The van der Waals surface area contributed by atoms with Crippen molar-refractivity contribution < 1.29 is 28.7 Å². The van der Waals surface area contributed by atoms with Gasteiger partial charge in [0, 0.05) is 0 Å². The normalized spacial score (nSPS) is 16.1. The molecule has 2 atom stereocenters. The molecule has 0 aliphatic rings. The molecule has 2 unspecified atom stereocenters. The van der Waals surface area contributed by atoms with Crippen molar-refractivity contribution in [2.45, 2.75) is 19.8 Å². The number of hydrogen-bond donors (Lipinski definition) is 4. The summed E-state index contributed by atoms with van der Waals surface area (Å²) in [5, 5.41) is 21.7. The van der Waals surface area contributed by atoms with E-state index >= 15 is 0 Å². The van der Waals surface area contributed by atoms with Crippen LogP contribution in [-0.4, -0.2) is 37.3 Å². The molecule has 12 heteroatoms. The Labute approximate surface area is 153 Å². The van der Waals surface area contributed by atoms with Crippen LogP contribution in [0.2, 0.25) is 0 Å². The molecule has 8 nitrogen and oxygen atoms in total. The maximum Gasteiger partial charge on any atom is 0.343 e. The maximum absolute atomic E-state index is 10.8. The molecule has 0 aromatic heterocycles. The van der Waals surface area contributed by atoms with Gasteiger partial charge in [0.2, 0.25) is 0 Å². The van der Waals surface area contributed by atoms with Crippen LogP contribution in [0.15, 0.2) is 35.5 Å². The zero-order valence-corrected chi connectivity index (χ0v) is 17.0. The second kappa shape index (κ2) is 9.81. The molecule has 0 fully saturated rings. The van der Waals surface area contributed by atoms with Gasteiger partial charge in [-0.15, -0.1) is 10.1 Å². The van der Waals surface area contributed by atoms with E-state index in [1.807, 2.05) is 6.07 Å². The number of rotatable bonds is 7. The van der Waals surface area contributed by atoms with E-state index in [9.17, 15) is 25.1 Å². The van der Waals surface area contributed by atoms with Crippen molar-refractivity contribution in [1.29, 1.82) is 5.26 Å². The molecule has 0 amide bonds. The van der Waals surface area contributed by atoms with Crippen LogP contribution in [-0.2, 0) is 30.7 Å². The predicted molar refractivity (Wildman–Crippen MR) is 102 cm³/mol. The van der Waals surface area contributed by atoms with Crippen LogP contribution in [0.5, 0.6) is 0 Å². The summed E-state index contributed by atoms with van der Waals surface area (Å²) in [6.07, 6.45) is 0. The van der Waals surface area contributed by atoms with Crippen molar-refractivity contribution in [2.75, 3.05) is 11.5 Å². The average molecular weight is 426 g/mol. The van der Waals surface area contributed by atoms with Crippen molar-refractivity contribution >= 4 is 41.2 Å². The highest BCUT2D eigenvalue weighted by atomic mass is 32.5. The number of benzene rings is 1. The quantitative estimate of drug-likeness (QED) is 0.172. The molecule has 1 rings (SSSR count). The summed E-state index contributed by atoms with van der Waals surface area (Å²) >= 11 is 4.45. The summed E-state index contributed by atoms with van der Waals surface area (Å²) in [5.41, 5.74) is 0.477. The van der Waals surface area contributed by atoms with E-state index in [-0.39, 0.29) is 0 Å². The van der Waals surface area contributed by atoms with Crippen LogP contribution in [0.25, 0.3) is 0 Å². The van der Waals surface area contributed by atoms with Gasteiger partial charge in [-0.05, 0) is 28.9 Å². The topological polar surface area (TPSA) is 136 Å². The molecular weight excluding hydrogens is 406 g/mol. The number of oxime groups is 1. The highest BCUT2D eigenvalue weighted by molar-refractivity contribution is 8.29. The largest absolute Gasteiger partial charge is 0.408 e. The van der Waals surface area contributed by atoms with Crippen LogP contribution < -0.4 is 0 Å². The fraction of sp³-hybridized carbons (Fsp3) is 0.385. The van der Waals surface area contributed by atoms with Crippen LogP contribution in [0.4, 0.5) is 0 Å². The van der Waals surface area contributed by atoms with Crippen molar-refractivity contribution in [3.63, 3.8) is 0 Å². The van der Waals surface area contributed by atoms with Crippen LogP contribution in [0.3, 0.4) is 0 Å². The minimum absolute atomic E-state index is 0.414. The molecular formula is C13H20N2O6P2S2. The van der Waals surface area contributed by atoms with E-state index in [4.69, 9.17) is 8.83 Å². The lowest BCUT2D eigenvalue weighted by Crippen LogP contribution is -2.17. The van der Waals surface area contributed by atoms with Crippen molar-refractivity contribution in [2.24, 2.45) is 5.16 Å². The Bertz CT molecular complexity index is 754. The van der Waals surface area contributed by atoms with Gasteiger partial charge in [-0.25, -0.2) is 4.31 Å². The first-order valence-corrected chi connectivity index (χ1v) is 13.5. The second-order valence-corrected chi connectivity index (χ2v) is 13.8. The number of hydrogen-bond acceptors (Lipinski definition) is 6. The summed E-state index contributed by atoms with van der Waals surface area (Å²) in [5.74, 6) is -0.780. The summed E-state index contributed by atoms with van der Waals surface area (Å²) in [4.78, 5) is 29.8. The molecule has 0 aliphatic heterocycles. The smallest absolute Gasteiger partial charge is 0.343 e. The summed E-state index contributed by atoms with van der Waals surface area (Å²) < 4.78 is 10.3. The third kappa shape index (κ3) is 6.48. The van der Waals surface area contributed by atoms with Crippen molar-refractivity contribution in [3.8, 4) is 6.07 Å². The standard InChI is InChI=1S/C13H20N2O6P2S2/c1-3-25(4-2)23(19,21-22(17,18)24)20-13(15-16)12(10-14)11-8-6-5-7-9-11/h5-9,12,16,19H,3-4H2,1-2H3,(H2,17,18,24). The molecule has 0 heterocycles. The summed E-state index contributed by atoms with van der Waals surface area (Å²) in [7, 11) is -0.923. The fourth-order valence-corrected chi connectivity index (χ4v) is 10.5. The Morgan fingerprint density at radius 2 is 1.84 bits per heavy atom. The Morgan fingerprint density at radius 3 is 2.24 bits per heavy atom. The highest BCUT2D eigenvalue weighted by Crippen LogP contribution is 2.61. The molecule has 4 N–H and O–H groups in total. The van der Waals surface area contributed by atoms with Crippen molar-refractivity contribution in [1.82, 2.24) is 0 Å². The first kappa shape index (κ1) is 22.3. The van der Waals surface area contributed by atoms with E-state index in [0.717, 1.165) is 0 Å². The van der Waals surface area contributed by atoms with E-state index in [2.05, 4.69) is 17.0 Å². The molecule has 0 bridgehead atoms. The Hall–Kier alpha value is -0.750. The number of nitriles is 1. The lowest BCUT2D eigenvalue weighted by Gasteiger charge is -2.27. The van der Waals surface area contributed by atoms with Gasteiger partial charge >= 0.3 is 13.4 Å². The van der Waals surface area contributed by atoms with E-state index < -0.39 is 35.3 Å². The molecule has 0 saturated carbocycles. The van der Waals surface area contributed by atoms with E-state index in [1.54, 1.807) is 44.2 Å². The Morgan fingerprint density at radius 1 is 1.28 bits per heavy atom. The van der Waals surface area contributed by atoms with Gasteiger partial charge in [0.25, 0.3) is 5.90 Å². The average Bonchev–Trinajstić information content (AvgIpc) is 2.54. The monoisotopic (exact) mass is 426 g/mol. The van der Waals surface area contributed by atoms with Crippen LogP contribution in [0.1, 0.15) is 25.3 Å². The molecule has 1 aromatic rings. The Kier molecular flexibility index (Phi) is 8.75. The maximum atomic E-state index is 10.8. The Balaban J connectivity index is 3.37. The van der Waals surface area contributed by atoms with Gasteiger partial charge < -0.3 is 24.4 Å². The molecule has 0 spiro atoms. The molecule has 25 heavy (non-hydrogen) atoms. The van der Waals surface area contributed by atoms with Crippen LogP contribution in [0, 0.1) is 11.3 Å². The van der Waals surface area contributed by atoms with Gasteiger partial charge in [0.15, 0.2) is 5.92 Å². The lowest BCUT2D eigenvalue weighted by molar-refractivity contribution is 0.282. The third-order valence-electron chi connectivity index (χ3n) is 3.02. The first-order valence-electron chi connectivity index (χ1n) is 7.13. The van der Waals surface area contributed by atoms with E-state index in [1.165, 1.54) is 0 Å². The highest BCUT2D eigenvalue weighted by Gasteiger charge is 2.34. The third-order valence-corrected chi connectivity index (χ3v) is 12.0. The van der Waals surface area contributed by atoms with Gasteiger partial charge in [0.1, 0.15) is 0 Å². The predicted octanol–water partition coefficient (Wildman–Crippen LogP) is 2.65. The minimum atomic E-state index is -4.25. The molecule has 0 aliphatic carbocycles. The van der Waals surface area contributed by atoms with Gasteiger partial charge in [-0.2, -0.15) is 5.26 Å². The van der Waals surface area contributed by atoms with Gasteiger partial charge in [-0.3, -0.25) is 0 Å². The zero-order valence-electron chi connectivity index (χ0n) is 13.6. The molecule has 140 valence electrons. The molecule has 0 saturated heterocycles. The lowest BCUT2D eigenvalue weighted by atomic mass is 10.0. The summed E-state index contributed by atoms with van der Waals surface area (Å²) in [6, 6.07) is 10.3. The van der Waals surface area contributed by atoms with Gasteiger partial charge in [0.05, 0.1) is 6.07 Å². The van der Waals surface area contributed by atoms with Crippen LogP contribution >= 0.6 is 13.4 Å². The summed E-state index contributed by atoms with van der Waals surface area (Å²) in [6.45, 7) is -4.66. The van der Waals surface area contributed by atoms with E-state index in [0.29, 0.717) is 17.1 Å².